The normalized spacial score (nSPS) is 17.8. The zero-order valence-electron chi connectivity index (χ0n) is 14.0. The third-order valence-corrected chi connectivity index (χ3v) is 4.06. The van der Waals surface area contributed by atoms with Gasteiger partial charge in [-0.25, -0.2) is 9.97 Å². The molecule has 0 aliphatic carbocycles. The monoisotopic (exact) mass is 291 g/mol. The van der Waals surface area contributed by atoms with Gasteiger partial charge in [0.15, 0.2) is 0 Å². The number of hydrogen-bond donors (Lipinski definition) is 2. The third kappa shape index (κ3) is 4.56. The van der Waals surface area contributed by atoms with Crippen molar-refractivity contribution in [2.24, 2.45) is 5.92 Å². The van der Waals surface area contributed by atoms with Gasteiger partial charge in [0.05, 0.1) is 0 Å². The van der Waals surface area contributed by atoms with Gasteiger partial charge in [-0.1, -0.05) is 20.8 Å². The molecule has 5 nitrogen and oxygen atoms in total. The van der Waals surface area contributed by atoms with Crippen LogP contribution in [0.4, 0.5) is 11.6 Å². The van der Waals surface area contributed by atoms with Gasteiger partial charge >= 0.3 is 0 Å². The number of anilines is 2. The minimum absolute atomic E-state index is 0.0448. The smallest absolute Gasteiger partial charge is 0.138 e. The molecule has 0 bridgehead atoms. The largest absolute Gasteiger partial charge is 0.373 e. The topological polar surface area (TPSA) is 53.1 Å². The van der Waals surface area contributed by atoms with E-state index in [1.54, 1.807) is 0 Å². The number of piperidine rings is 1. The Morgan fingerprint density at radius 1 is 1.19 bits per heavy atom. The van der Waals surface area contributed by atoms with Gasteiger partial charge < -0.3 is 15.5 Å². The average molecular weight is 291 g/mol. The molecule has 1 fully saturated rings. The first-order valence-electron chi connectivity index (χ1n) is 7.88. The SMILES string of the molecule is CNc1cc(NCC2CCN(C)CC2)nc(C(C)(C)C)n1. The highest BCUT2D eigenvalue weighted by Crippen LogP contribution is 2.23. The summed E-state index contributed by atoms with van der Waals surface area (Å²) < 4.78 is 0. The molecule has 0 unspecified atom stereocenters. The number of likely N-dealkylation sites (tertiary alicyclic amines) is 1. The second-order valence-electron chi connectivity index (χ2n) is 7.09. The molecular formula is C16H29N5. The zero-order chi connectivity index (χ0) is 15.5. The first-order valence-corrected chi connectivity index (χ1v) is 7.88. The summed E-state index contributed by atoms with van der Waals surface area (Å²) in [7, 11) is 4.10. The highest BCUT2D eigenvalue weighted by atomic mass is 15.1. The second-order valence-corrected chi connectivity index (χ2v) is 7.09. The van der Waals surface area contributed by atoms with Gasteiger partial charge in [0.25, 0.3) is 0 Å². The van der Waals surface area contributed by atoms with E-state index >= 15 is 0 Å². The summed E-state index contributed by atoms with van der Waals surface area (Å²) in [6.45, 7) is 9.82. The Balaban J connectivity index is 2.02. The molecule has 5 heteroatoms. The van der Waals surface area contributed by atoms with Crippen LogP contribution in [0.15, 0.2) is 6.07 Å². The number of nitrogens with zero attached hydrogens (tertiary/aromatic N) is 3. The van der Waals surface area contributed by atoms with Gasteiger partial charge in [0.1, 0.15) is 17.5 Å². The van der Waals surface area contributed by atoms with Crippen LogP contribution < -0.4 is 10.6 Å². The molecule has 1 aliphatic rings. The summed E-state index contributed by atoms with van der Waals surface area (Å²) in [6, 6.07) is 1.99. The van der Waals surface area contributed by atoms with Crippen molar-refractivity contribution < 1.29 is 0 Å². The molecule has 0 radical (unpaired) electrons. The van der Waals surface area contributed by atoms with Gasteiger partial charge in [-0.3, -0.25) is 0 Å². The minimum Gasteiger partial charge on any atom is -0.373 e. The Morgan fingerprint density at radius 3 is 2.38 bits per heavy atom. The van der Waals surface area contributed by atoms with E-state index < -0.39 is 0 Å². The summed E-state index contributed by atoms with van der Waals surface area (Å²) in [5, 5.41) is 6.63. The zero-order valence-corrected chi connectivity index (χ0v) is 14.0. The summed E-state index contributed by atoms with van der Waals surface area (Å²) >= 11 is 0. The van der Waals surface area contributed by atoms with Gasteiger partial charge in [-0.2, -0.15) is 0 Å². The Labute approximate surface area is 128 Å². The second kappa shape index (κ2) is 6.60. The van der Waals surface area contributed by atoms with Crippen molar-refractivity contribution in [3.63, 3.8) is 0 Å². The van der Waals surface area contributed by atoms with Crippen LogP contribution in [0.3, 0.4) is 0 Å². The van der Waals surface area contributed by atoms with E-state index in [4.69, 9.17) is 0 Å². The Kier molecular flexibility index (Phi) is 5.04. The molecular weight excluding hydrogens is 262 g/mol. The van der Waals surface area contributed by atoms with Crippen molar-refractivity contribution in [2.75, 3.05) is 44.4 Å². The van der Waals surface area contributed by atoms with Gasteiger partial charge in [0, 0.05) is 25.1 Å². The Morgan fingerprint density at radius 2 is 1.81 bits per heavy atom. The minimum atomic E-state index is -0.0448. The molecule has 0 amide bonds. The van der Waals surface area contributed by atoms with Gasteiger partial charge in [-0.05, 0) is 38.9 Å². The van der Waals surface area contributed by atoms with Gasteiger partial charge in [-0.15, -0.1) is 0 Å². The van der Waals surface area contributed by atoms with E-state index in [9.17, 15) is 0 Å². The van der Waals surface area contributed by atoms with Crippen molar-refractivity contribution in [3.8, 4) is 0 Å². The molecule has 21 heavy (non-hydrogen) atoms. The molecule has 2 heterocycles. The van der Waals surface area contributed by atoms with Crippen molar-refractivity contribution in [2.45, 2.75) is 39.0 Å². The lowest BCUT2D eigenvalue weighted by Crippen LogP contribution is -2.33. The van der Waals surface area contributed by atoms with Crippen LogP contribution in [0.5, 0.6) is 0 Å². The number of aromatic nitrogens is 2. The average Bonchev–Trinajstić information content (AvgIpc) is 2.45. The van der Waals surface area contributed by atoms with Crippen LogP contribution in [0, 0.1) is 5.92 Å². The van der Waals surface area contributed by atoms with Crippen molar-refractivity contribution >= 4 is 11.6 Å². The lowest BCUT2D eigenvalue weighted by molar-refractivity contribution is 0.226. The highest BCUT2D eigenvalue weighted by Gasteiger charge is 2.20. The maximum atomic E-state index is 4.68. The van der Waals surface area contributed by atoms with E-state index in [1.165, 1.54) is 25.9 Å². The predicted molar refractivity (Wildman–Crippen MR) is 89.0 cm³/mol. The lowest BCUT2D eigenvalue weighted by Gasteiger charge is -2.29. The maximum Gasteiger partial charge on any atom is 0.138 e. The third-order valence-electron chi connectivity index (χ3n) is 4.06. The standard InChI is InChI=1S/C16H29N5/c1-16(2,3)15-19-13(17-4)10-14(20-15)18-11-12-6-8-21(5)9-7-12/h10,12H,6-9,11H2,1-5H3,(H2,17,18,19,20). The molecule has 0 spiro atoms. The summed E-state index contributed by atoms with van der Waals surface area (Å²) in [4.78, 5) is 11.6. The maximum absolute atomic E-state index is 4.68. The van der Waals surface area contributed by atoms with E-state index in [1.807, 2.05) is 13.1 Å². The Hall–Kier alpha value is -1.36. The first kappa shape index (κ1) is 16.0. The number of nitrogens with one attached hydrogen (secondary N) is 2. The summed E-state index contributed by atoms with van der Waals surface area (Å²) in [6.07, 6.45) is 2.53. The van der Waals surface area contributed by atoms with E-state index in [0.29, 0.717) is 0 Å². The molecule has 0 aromatic carbocycles. The van der Waals surface area contributed by atoms with Crippen molar-refractivity contribution in [1.29, 1.82) is 0 Å². The van der Waals surface area contributed by atoms with E-state index in [-0.39, 0.29) is 5.41 Å². The number of hydrogen-bond acceptors (Lipinski definition) is 5. The molecule has 1 aromatic rings. The van der Waals surface area contributed by atoms with Crippen LogP contribution in [0.25, 0.3) is 0 Å². The summed E-state index contributed by atoms with van der Waals surface area (Å²) in [5.74, 6) is 3.42. The molecule has 0 saturated carbocycles. The molecule has 2 rings (SSSR count). The van der Waals surface area contributed by atoms with Crippen LogP contribution in [0.1, 0.15) is 39.4 Å². The van der Waals surface area contributed by atoms with Crippen LogP contribution in [0.2, 0.25) is 0 Å². The first-order chi connectivity index (χ1) is 9.88. The van der Waals surface area contributed by atoms with Crippen molar-refractivity contribution in [1.82, 2.24) is 14.9 Å². The van der Waals surface area contributed by atoms with Crippen molar-refractivity contribution in [3.05, 3.63) is 11.9 Å². The van der Waals surface area contributed by atoms with E-state index in [2.05, 4.69) is 53.3 Å². The molecule has 1 saturated heterocycles. The fourth-order valence-electron chi connectivity index (χ4n) is 2.52. The van der Waals surface area contributed by atoms with Crippen LogP contribution in [-0.4, -0.2) is 48.6 Å². The molecule has 0 atom stereocenters. The number of rotatable bonds is 4. The molecule has 1 aliphatic heterocycles. The van der Waals surface area contributed by atoms with E-state index in [0.717, 1.165) is 29.9 Å². The molecule has 118 valence electrons. The predicted octanol–water partition coefficient (Wildman–Crippen LogP) is 2.57. The summed E-state index contributed by atoms with van der Waals surface area (Å²) in [5.41, 5.74) is -0.0448. The lowest BCUT2D eigenvalue weighted by atomic mass is 9.95. The quantitative estimate of drug-likeness (QED) is 0.893. The van der Waals surface area contributed by atoms with Crippen LogP contribution >= 0.6 is 0 Å². The molecule has 2 N–H and O–H groups in total. The molecule has 1 aromatic heterocycles. The Bertz CT molecular complexity index is 458. The van der Waals surface area contributed by atoms with Gasteiger partial charge in [0.2, 0.25) is 0 Å². The highest BCUT2D eigenvalue weighted by molar-refractivity contribution is 5.47. The van der Waals surface area contributed by atoms with Crippen LogP contribution in [-0.2, 0) is 5.41 Å². The fraction of sp³-hybridized carbons (Fsp3) is 0.750. The fourth-order valence-corrected chi connectivity index (χ4v) is 2.52.